The minimum Gasteiger partial charge on any atom is -0.309 e. The standard InChI is InChI=1S/C6H9N/c1-6-3-2-4-7-5-6/h2-3,7H,1,4-5H2. The van der Waals surface area contributed by atoms with Gasteiger partial charge in [-0.25, -0.2) is 0 Å². The highest BCUT2D eigenvalue weighted by Gasteiger charge is 1.90. The third-order valence-electron chi connectivity index (χ3n) is 0.968. The fourth-order valence-corrected chi connectivity index (χ4v) is 0.601. The van der Waals surface area contributed by atoms with Gasteiger partial charge in [-0.3, -0.25) is 0 Å². The van der Waals surface area contributed by atoms with Crippen molar-refractivity contribution in [2.24, 2.45) is 0 Å². The Hall–Kier alpha value is -0.560. The molecular formula is C6H9N. The first kappa shape index (κ1) is 4.60. The molecule has 0 saturated carbocycles. The van der Waals surface area contributed by atoms with Crippen molar-refractivity contribution in [1.29, 1.82) is 0 Å². The van der Waals surface area contributed by atoms with Crippen LogP contribution >= 0.6 is 0 Å². The highest BCUT2D eigenvalue weighted by molar-refractivity contribution is 5.19. The van der Waals surface area contributed by atoms with Crippen molar-refractivity contribution in [3.8, 4) is 0 Å². The zero-order valence-corrected chi connectivity index (χ0v) is 4.28. The van der Waals surface area contributed by atoms with Gasteiger partial charge in [0.15, 0.2) is 0 Å². The highest BCUT2D eigenvalue weighted by Crippen LogP contribution is 1.93. The van der Waals surface area contributed by atoms with Crippen LogP contribution < -0.4 is 5.32 Å². The molecule has 1 nitrogen and oxygen atoms in total. The van der Waals surface area contributed by atoms with Crippen molar-refractivity contribution in [2.75, 3.05) is 13.1 Å². The maximum atomic E-state index is 3.76. The predicted octanol–water partition coefficient (Wildman–Crippen LogP) is 0.702. The van der Waals surface area contributed by atoms with Crippen molar-refractivity contribution in [3.63, 3.8) is 0 Å². The Labute approximate surface area is 43.7 Å². The van der Waals surface area contributed by atoms with Crippen LogP contribution in [0.1, 0.15) is 0 Å². The summed E-state index contributed by atoms with van der Waals surface area (Å²) < 4.78 is 0. The number of rotatable bonds is 0. The normalized spacial score (nSPS) is 20.3. The summed E-state index contributed by atoms with van der Waals surface area (Å²) in [5.74, 6) is 0. The monoisotopic (exact) mass is 95.1 g/mol. The van der Waals surface area contributed by atoms with Crippen molar-refractivity contribution in [3.05, 3.63) is 24.3 Å². The lowest BCUT2D eigenvalue weighted by molar-refractivity contribution is 0.806. The van der Waals surface area contributed by atoms with Gasteiger partial charge in [0.1, 0.15) is 0 Å². The SMILES string of the molecule is C=C1C=CCNC1. The molecule has 7 heavy (non-hydrogen) atoms. The molecule has 1 rings (SSSR count). The summed E-state index contributed by atoms with van der Waals surface area (Å²) in [7, 11) is 0. The van der Waals surface area contributed by atoms with Gasteiger partial charge in [0.2, 0.25) is 0 Å². The van der Waals surface area contributed by atoms with E-state index in [-0.39, 0.29) is 0 Å². The molecule has 1 heteroatoms. The topological polar surface area (TPSA) is 12.0 Å². The van der Waals surface area contributed by atoms with Gasteiger partial charge < -0.3 is 5.32 Å². The molecule has 0 bridgehead atoms. The van der Waals surface area contributed by atoms with Gasteiger partial charge in [0.05, 0.1) is 0 Å². The Bertz CT molecular complexity index is 103. The zero-order valence-electron chi connectivity index (χ0n) is 4.28. The van der Waals surface area contributed by atoms with Gasteiger partial charge in [-0.1, -0.05) is 18.7 Å². The molecule has 1 heterocycles. The second kappa shape index (κ2) is 1.94. The molecule has 0 atom stereocenters. The van der Waals surface area contributed by atoms with Gasteiger partial charge in [-0.2, -0.15) is 0 Å². The number of nitrogens with one attached hydrogen (secondary N) is 1. The van der Waals surface area contributed by atoms with Crippen LogP contribution in [-0.4, -0.2) is 13.1 Å². The lowest BCUT2D eigenvalue weighted by atomic mass is 10.2. The van der Waals surface area contributed by atoms with Crippen molar-refractivity contribution < 1.29 is 0 Å². The highest BCUT2D eigenvalue weighted by atomic mass is 14.8. The average Bonchev–Trinajstić information content (AvgIpc) is 1.69. The first-order valence-electron chi connectivity index (χ1n) is 2.44. The third-order valence-corrected chi connectivity index (χ3v) is 0.968. The van der Waals surface area contributed by atoms with E-state index >= 15 is 0 Å². The van der Waals surface area contributed by atoms with Crippen LogP contribution in [0.25, 0.3) is 0 Å². The van der Waals surface area contributed by atoms with Crippen LogP contribution in [0.3, 0.4) is 0 Å². The molecule has 0 spiro atoms. The molecule has 0 aromatic carbocycles. The largest absolute Gasteiger partial charge is 0.309 e. The van der Waals surface area contributed by atoms with Gasteiger partial charge in [0.25, 0.3) is 0 Å². The van der Waals surface area contributed by atoms with Gasteiger partial charge >= 0.3 is 0 Å². The quantitative estimate of drug-likeness (QED) is 0.467. The molecule has 38 valence electrons. The molecule has 0 amide bonds. The summed E-state index contributed by atoms with van der Waals surface area (Å²) >= 11 is 0. The molecule has 1 N–H and O–H groups in total. The van der Waals surface area contributed by atoms with Crippen LogP contribution in [0.15, 0.2) is 24.3 Å². The summed E-state index contributed by atoms with van der Waals surface area (Å²) in [6, 6.07) is 0. The Morgan fingerprint density at radius 2 is 2.57 bits per heavy atom. The van der Waals surface area contributed by atoms with E-state index in [0.29, 0.717) is 0 Å². The molecule has 1 aliphatic heterocycles. The number of hydrogen-bond donors (Lipinski definition) is 1. The van der Waals surface area contributed by atoms with Crippen LogP contribution in [0, 0.1) is 0 Å². The lowest BCUT2D eigenvalue weighted by Crippen LogP contribution is -2.19. The van der Waals surface area contributed by atoms with Crippen LogP contribution in [-0.2, 0) is 0 Å². The van der Waals surface area contributed by atoms with Crippen LogP contribution in [0.4, 0.5) is 0 Å². The summed E-state index contributed by atoms with van der Waals surface area (Å²) in [6.45, 7) is 5.72. The predicted molar refractivity (Wildman–Crippen MR) is 31.1 cm³/mol. The van der Waals surface area contributed by atoms with E-state index in [1.807, 2.05) is 0 Å². The maximum Gasteiger partial charge on any atom is 0.0202 e. The molecule has 0 unspecified atom stereocenters. The third kappa shape index (κ3) is 1.16. The Kier molecular flexibility index (Phi) is 1.27. The minimum atomic E-state index is 0.955. The van der Waals surface area contributed by atoms with E-state index < -0.39 is 0 Å². The molecule has 0 saturated heterocycles. The van der Waals surface area contributed by atoms with Gasteiger partial charge in [-0.05, 0) is 5.57 Å². The van der Waals surface area contributed by atoms with E-state index in [2.05, 4.69) is 24.0 Å². The van der Waals surface area contributed by atoms with E-state index in [1.165, 1.54) is 5.57 Å². The summed E-state index contributed by atoms with van der Waals surface area (Å²) in [4.78, 5) is 0. The first-order chi connectivity index (χ1) is 3.39. The van der Waals surface area contributed by atoms with Gasteiger partial charge in [0, 0.05) is 13.1 Å². The van der Waals surface area contributed by atoms with Crippen LogP contribution in [0.2, 0.25) is 0 Å². The fourth-order valence-electron chi connectivity index (χ4n) is 0.601. The van der Waals surface area contributed by atoms with E-state index in [1.54, 1.807) is 0 Å². The van der Waals surface area contributed by atoms with Gasteiger partial charge in [-0.15, -0.1) is 0 Å². The molecule has 0 radical (unpaired) electrons. The van der Waals surface area contributed by atoms with Crippen molar-refractivity contribution >= 4 is 0 Å². The summed E-state index contributed by atoms with van der Waals surface area (Å²) in [5.41, 5.74) is 1.17. The first-order valence-corrected chi connectivity index (χ1v) is 2.44. The van der Waals surface area contributed by atoms with E-state index in [9.17, 15) is 0 Å². The Morgan fingerprint density at radius 3 is 2.86 bits per heavy atom. The smallest absolute Gasteiger partial charge is 0.0202 e. The molecule has 1 aliphatic rings. The average molecular weight is 95.1 g/mol. The summed E-state index contributed by atoms with van der Waals surface area (Å²) in [6.07, 6.45) is 4.13. The van der Waals surface area contributed by atoms with E-state index in [4.69, 9.17) is 0 Å². The van der Waals surface area contributed by atoms with Crippen LogP contribution in [0.5, 0.6) is 0 Å². The molecule has 0 fully saturated rings. The second-order valence-corrected chi connectivity index (χ2v) is 1.69. The second-order valence-electron chi connectivity index (χ2n) is 1.69. The van der Waals surface area contributed by atoms with Crippen molar-refractivity contribution in [2.45, 2.75) is 0 Å². The maximum absolute atomic E-state index is 3.76. The summed E-state index contributed by atoms with van der Waals surface area (Å²) in [5, 5.41) is 3.15. The van der Waals surface area contributed by atoms with E-state index in [0.717, 1.165) is 13.1 Å². The molecule has 0 aromatic rings. The number of hydrogen-bond acceptors (Lipinski definition) is 1. The minimum absolute atomic E-state index is 0.955. The zero-order chi connectivity index (χ0) is 5.11. The van der Waals surface area contributed by atoms with Crippen molar-refractivity contribution in [1.82, 2.24) is 5.32 Å². The Balaban J connectivity index is 2.51. The molecular weight excluding hydrogens is 86.1 g/mol. The fraction of sp³-hybridized carbons (Fsp3) is 0.333. The lowest BCUT2D eigenvalue weighted by Gasteiger charge is -2.05. The molecule has 0 aromatic heterocycles. The Morgan fingerprint density at radius 1 is 1.71 bits per heavy atom. The molecule has 0 aliphatic carbocycles.